The van der Waals surface area contributed by atoms with Gasteiger partial charge in [0, 0.05) is 37.6 Å². The van der Waals surface area contributed by atoms with Crippen molar-refractivity contribution in [1.82, 2.24) is 15.1 Å². The molecule has 20 heavy (non-hydrogen) atoms. The summed E-state index contributed by atoms with van der Waals surface area (Å²) in [7, 11) is 0. The van der Waals surface area contributed by atoms with Crippen molar-refractivity contribution in [1.29, 1.82) is 0 Å². The fourth-order valence-corrected chi connectivity index (χ4v) is 2.92. The molecule has 6 heteroatoms. The molecule has 3 amide bonds. The minimum absolute atomic E-state index is 0.0102. The van der Waals surface area contributed by atoms with Gasteiger partial charge in [-0.1, -0.05) is 12.1 Å². The first kappa shape index (κ1) is 13.2. The molecular formula is C14H16ClN3O2. The number of carbonyl (C=O) groups is 2. The second-order valence-electron chi connectivity index (χ2n) is 5.12. The number of urea groups is 1. The van der Waals surface area contributed by atoms with Crippen molar-refractivity contribution in [2.24, 2.45) is 0 Å². The van der Waals surface area contributed by atoms with Crippen molar-refractivity contribution in [2.75, 3.05) is 26.2 Å². The van der Waals surface area contributed by atoms with Crippen LogP contribution in [-0.4, -0.2) is 54.0 Å². The van der Waals surface area contributed by atoms with Gasteiger partial charge in [-0.3, -0.25) is 4.79 Å². The molecule has 1 N–H and O–H groups in total. The van der Waals surface area contributed by atoms with Crippen molar-refractivity contribution in [3.05, 3.63) is 35.4 Å². The van der Waals surface area contributed by atoms with Gasteiger partial charge in [-0.05, 0) is 17.7 Å². The summed E-state index contributed by atoms with van der Waals surface area (Å²) >= 11 is 5.80. The molecule has 0 radical (unpaired) electrons. The molecule has 0 aliphatic carbocycles. The van der Waals surface area contributed by atoms with Gasteiger partial charge in [0.2, 0.25) is 0 Å². The van der Waals surface area contributed by atoms with Crippen LogP contribution in [0.1, 0.15) is 15.9 Å². The number of hydrogen-bond donors (Lipinski definition) is 1. The third-order valence-electron chi connectivity index (χ3n) is 3.85. The average Bonchev–Trinajstić information content (AvgIpc) is 2.87. The summed E-state index contributed by atoms with van der Waals surface area (Å²) in [5.41, 5.74) is 1.60. The third kappa shape index (κ3) is 2.33. The van der Waals surface area contributed by atoms with E-state index in [2.05, 4.69) is 5.32 Å². The molecule has 0 bridgehead atoms. The fourth-order valence-electron chi connectivity index (χ4n) is 2.76. The van der Waals surface area contributed by atoms with E-state index in [0.29, 0.717) is 37.6 Å². The second kappa shape index (κ2) is 5.32. The molecule has 0 aromatic heterocycles. The minimum atomic E-state index is -0.0220. The monoisotopic (exact) mass is 293 g/mol. The fraction of sp³-hybridized carbons (Fsp3) is 0.429. The van der Waals surface area contributed by atoms with E-state index in [0.717, 1.165) is 5.56 Å². The summed E-state index contributed by atoms with van der Waals surface area (Å²) in [6.45, 7) is 2.37. The Balaban J connectivity index is 1.73. The van der Waals surface area contributed by atoms with E-state index in [9.17, 15) is 9.59 Å². The second-order valence-corrected chi connectivity index (χ2v) is 5.39. The molecule has 106 valence electrons. The number of fused-ring (bicyclic) bond motifs is 1. The number of carbonyl (C=O) groups excluding carboxylic acids is 2. The first-order chi connectivity index (χ1) is 9.69. The Morgan fingerprint density at radius 1 is 1.40 bits per heavy atom. The lowest BCUT2D eigenvalue weighted by Gasteiger charge is -2.36. The average molecular weight is 294 g/mol. The number of rotatable bonds is 2. The number of piperazine rings is 1. The molecule has 2 heterocycles. The molecule has 1 aromatic carbocycles. The molecule has 2 aliphatic heterocycles. The number of benzene rings is 1. The molecule has 0 saturated carbocycles. The predicted molar refractivity (Wildman–Crippen MR) is 75.8 cm³/mol. The highest BCUT2D eigenvalue weighted by molar-refractivity contribution is 6.17. The Morgan fingerprint density at radius 2 is 2.25 bits per heavy atom. The molecule has 2 fully saturated rings. The van der Waals surface area contributed by atoms with E-state index in [1.807, 2.05) is 29.2 Å². The maximum Gasteiger partial charge on any atom is 0.317 e. The van der Waals surface area contributed by atoms with Gasteiger partial charge in [0.25, 0.3) is 5.91 Å². The van der Waals surface area contributed by atoms with E-state index in [-0.39, 0.29) is 18.0 Å². The summed E-state index contributed by atoms with van der Waals surface area (Å²) < 4.78 is 0. The number of hydrogen-bond acceptors (Lipinski definition) is 2. The molecule has 2 aliphatic rings. The van der Waals surface area contributed by atoms with Gasteiger partial charge in [-0.2, -0.15) is 0 Å². The van der Waals surface area contributed by atoms with Crippen LogP contribution in [0.2, 0.25) is 0 Å². The smallest absolute Gasteiger partial charge is 0.317 e. The van der Waals surface area contributed by atoms with E-state index >= 15 is 0 Å². The van der Waals surface area contributed by atoms with Gasteiger partial charge < -0.3 is 15.1 Å². The van der Waals surface area contributed by atoms with Crippen LogP contribution in [-0.2, 0) is 5.88 Å². The molecule has 0 spiro atoms. The van der Waals surface area contributed by atoms with Crippen LogP contribution < -0.4 is 5.32 Å². The van der Waals surface area contributed by atoms with E-state index in [1.165, 1.54) is 0 Å². The van der Waals surface area contributed by atoms with Crippen LogP contribution in [0.5, 0.6) is 0 Å². The van der Waals surface area contributed by atoms with Gasteiger partial charge >= 0.3 is 6.03 Å². The molecule has 1 unspecified atom stereocenters. The minimum Gasteiger partial charge on any atom is -0.336 e. The van der Waals surface area contributed by atoms with Crippen molar-refractivity contribution in [3.63, 3.8) is 0 Å². The quantitative estimate of drug-likeness (QED) is 0.835. The molecular weight excluding hydrogens is 278 g/mol. The van der Waals surface area contributed by atoms with Crippen molar-refractivity contribution >= 4 is 23.5 Å². The zero-order valence-corrected chi connectivity index (χ0v) is 11.8. The van der Waals surface area contributed by atoms with Gasteiger partial charge in [-0.15, -0.1) is 11.6 Å². The van der Waals surface area contributed by atoms with E-state index in [4.69, 9.17) is 11.6 Å². The summed E-state index contributed by atoms with van der Waals surface area (Å²) in [4.78, 5) is 27.7. The lowest BCUT2D eigenvalue weighted by Crippen LogP contribution is -2.53. The van der Waals surface area contributed by atoms with Gasteiger partial charge in [0.05, 0.1) is 6.04 Å². The van der Waals surface area contributed by atoms with Gasteiger partial charge in [-0.25, -0.2) is 4.79 Å². The lowest BCUT2D eigenvalue weighted by molar-refractivity contribution is 0.0617. The van der Waals surface area contributed by atoms with Crippen molar-refractivity contribution in [2.45, 2.75) is 11.9 Å². The molecule has 1 aromatic rings. The van der Waals surface area contributed by atoms with Gasteiger partial charge in [0.15, 0.2) is 0 Å². The van der Waals surface area contributed by atoms with Crippen molar-refractivity contribution in [3.8, 4) is 0 Å². The first-order valence-electron chi connectivity index (χ1n) is 6.67. The third-order valence-corrected chi connectivity index (χ3v) is 4.16. The summed E-state index contributed by atoms with van der Waals surface area (Å²) in [6.07, 6.45) is 0. The topological polar surface area (TPSA) is 52.7 Å². The number of nitrogens with one attached hydrogen (secondary N) is 1. The molecule has 2 saturated heterocycles. The predicted octanol–water partition coefficient (Wildman–Crippen LogP) is 1.27. The Hall–Kier alpha value is -1.75. The Kier molecular flexibility index (Phi) is 3.53. The summed E-state index contributed by atoms with van der Waals surface area (Å²) in [5.74, 6) is 0.409. The lowest BCUT2D eigenvalue weighted by atomic mass is 10.1. The Labute approximate surface area is 122 Å². The maximum atomic E-state index is 12.5. The molecule has 3 rings (SSSR count). The number of amides is 3. The molecule has 5 nitrogen and oxygen atoms in total. The largest absolute Gasteiger partial charge is 0.336 e. The van der Waals surface area contributed by atoms with Crippen LogP contribution in [0, 0.1) is 0 Å². The van der Waals surface area contributed by atoms with E-state index in [1.54, 1.807) is 4.90 Å². The van der Waals surface area contributed by atoms with Crippen LogP contribution in [0.25, 0.3) is 0 Å². The highest BCUT2D eigenvalue weighted by Gasteiger charge is 2.36. The Bertz CT molecular complexity index is 549. The highest BCUT2D eigenvalue weighted by Crippen LogP contribution is 2.17. The Morgan fingerprint density at radius 3 is 3.05 bits per heavy atom. The SMILES string of the molecule is O=C(c1cccc(CCl)c1)N1CCN2C(=O)NCC2C1. The normalized spacial score (nSPS) is 21.6. The summed E-state index contributed by atoms with van der Waals surface area (Å²) in [6, 6.07) is 7.47. The van der Waals surface area contributed by atoms with Crippen molar-refractivity contribution < 1.29 is 9.59 Å². The first-order valence-corrected chi connectivity index (χ1v) is 7.21. The van der Waals surface area contributed by atoms with Crippen LogP contribution >= 0.6 is 11.6 Å². The highest BCUT2D eigenvalue weighted by atomic mass is 35.5. The summed E-state index contributed by atoms with van der Waals surface area (Å²) in [5, 5.41) is 2.81. The van der Waals surface area contributed by atoms with Crippen LogP contribution in [0.3, 0.4) is 0 Å². The standard InChI is InChI=1S/C14H16ClN3O2/c15-7-10-2-1-3-11(6-10)13(19)17-4-5-18-12(9-17)8-16-14(18)20/h1-3,6,12H,4-5,7-9H2,(H,16,20). The van der Waals surface area contributed by atoms with Crippen LogP contribution in [0.4, 0.5) is 4.79 Å². The number of alkyl halides is 1. The number of nitrogens with zero attached hydrogens (tertiary/aromatic N) is 2. The zero-order valence-electron chi connectivity index (χ0n) is 11.0. The van der Waals surface area contributed by atoms with Crippen LogP contribution in [0.15, 0.2) is 24.3 Å². The maximum absolute atomic E-state index is 12.5. The van der Waals surface area contributed by atoms with Gasteiger partial charge in [0.1, 0.15) is 0 Å². The zero-order chi connectivity index (χ0) is 14.1. The van der Waals surface area contributed by atoms with E-state index < -0.39 is 0 Å². The number of halogens is 1. The molecule has 1 atom stereocenters.